The molecule has 0 saturated carbocycles. The average Bonchev–Trinajstić information content (AvgIpc) is 3.12. The van der Waals surface area contributed by atoms with E-state index < -0.39 is 0 Å². The summed E-state index contributed by atoms with van der Waals surface area (Å²) in [5.74, 6) is -0.312. The molecule has 1 fully saturated rings. The zero-order chi connectivity index (χ0) is 19.7. The number of rotatable bonds is 4. The second-order valence-corrected chi connectivity index (χ2v) is 7.90. The highest BCUT2D eigenvalue weighted by atomic mass is 79.9. The topological polar surface area (TPSA) is 64.7 Å². The van der Waals surface area contributed by atoms with Crippen LogP contribution in [0.3, 0.4) is 0 Å². The maximum Gasteiger partial charge on any atom is 0.251 e. The Balaban J connectivity index is 1.40. The van der Waals surface area contributed by atoms with Crippen molar-refractivity contribution in [3.8, 4) is 0 Å². The van der Waals surface area contributed by atoms with Gasteiger partial charge in [0.15, 0.2) is 0 Å². The number of nitrogens with zero attached hydrogens (tertiary/aromatic N) is 2. The Bertz CT molecular complexity index is 931. The number of amides is 2. The number of benzene rings is 2. The number of carbonyl (C=O) groups excluding carboxylic acids is 2. The van der Waals surface area contributed by atoms with Crippen LogP contribution in [0.15, 0.2) is 65.4 Å². The van der Waals surface area contributed by atoms with Crippen molar-refractivity contribution < 1.29 is 9.59 Å². The van der Waals surface area contributed by atoms with E-state index in [1.165, 1.54) is 4.90 Å². The lowest BCUT2D eigenvalue weighted by Crippen LogP contribution is -2.49. The number of fused-ring (bicyclic) bond motifs is 1. The molecule has 28 heavy (non-hydrogen) atoms. The summed E-state index contributed by atoms with van der Waals surface area (Å²) >= 11 is 3.45. The molecule has 144 valence electrons. The summed E-state index contributed by atoms with van der Waals surface area (Å²) in [5, 5.41) is 4.70. The van der Waals surface area contributed by atoms with Crippen molar-refractivity contribution in [1.82, 2.24) is 15.3 Å². The first-order valence-corrected chi connectivity index (χ1v) is 9.95. The van der Waals surface area contributed by atoms with E-state index in [2.05, 4.69) is 38.8 Å². The Labute approximate surface area is 172 Å². The van der Waals surface area contributed by atoms with E-state index in [4.69, 9.17) is 0 Å². The molecule has 2 heterocycles. The molecule has 2 unspecified atom stereocenters. The summed E-state index contributed by atoms with van der Waals surface area (Å²) in [6, 6.07) is 15.5. The van der Waals surface area contributed by atoms with Crippen LogP contribution in [0.4, 0.5) is 5.69 Å². The molecule has 2 atom stereocenters. The standard InChI is InChI=1S/C21H21BrN4O2/c1-14-7-8-17(16(22)11-14)23-20(27)13-25-9-10-26-19(21(25)28)12-18(24-26)15-5-3-2-4-6-15/h2-11,18-19,24H,12-13H2,1H3,(H,23,27). The lowest BCUT2D eigenvalue weighted by molar-refractivity contribution is -0.137. The van der Waals surface area contributed by atoms with Gasteiger partial charge in [0.05, 0.1) is 11.7 Å². The van der Waals surface area contributed by atoms with Crippen molar-refractivity contribution in [2.24, 2.45) is 0 Å². The monoisotopic (exact) mass is 440 g/mol. The molecule has 2 aliphatic heterocycles. The van der Waals surface area contributed by atoms with Crippen molar-refractivity contribution >= 4 is 33.4 Å². The number of aryl methyl sites for hydroxylation is 1. The lowest BCUT2D eigenvalue weighted by atomic mass is 10.0. The van der Waals surface area contributed by atoms with Crippen LogP contribution in [0, 0.1) is 6.92 Å². The van der Waals surface area contributed by atoms with E-state index in [-0.39, 0.29) is 30.4 Å². The smallest absolute Gasteiger partial charge is 0.251 e. The van der Waals surface area contributed by atoms with Crippen LogP contribution in [0.1, 0.15) is 23.6 Å². The minimum absolute atomic E-state index is 0.0179. The van der Waals surface area contributed by atoms with Gasteiger partial charge in [0, 0.05) is 16.9 Å². The Morgan fingerprint density at radius 1 is 1.21 bits per heavy atom. The predicted molar refractivity (Wildman–Crippen MR) is 111 cm³/mol. The van der Waals surface area contributed by atoms with Gasteiger partial charge in [0.1, 0.15) is 12.6 Å². The molecule has 2 N–H and O–H groups in total. The maximum atomic E-state index is 12.9. The summed E-state index contributed by atoms with van der Waals surface area (Å²) in [5.41, 5.74) is 6.29. The van der Waals surface area contributed by atoms with E-state index in [9.17, 15) is 9.59 Å². The molecule has 4 rings (SSSR count). The first-order chi connectivity index (χ1) is 13.5. The van der Waals surface area contributed by atoms with Gasteiger partial charge < -0.3 is 15.2 Å². The predicted octanol–water partition coefficient (Wildman–Crippen LogP) is 3.33. The zero-order valence-electron chi connectivity index (χ0n) is 15.4. The van der Waals surface area contributed by atoms with E-state index in [1.807, 2.05) is 54.5 Å². The van der Waals surface area contributed by atoms with Crippen molar-refractivity contribution in [2.45, 2.75) is 25.4 Å². The van der Waals surface area contributed by atoms with Gasteiger partial charge in [-0.3, -0.25) is 9.59 Å². The Morgan fingerprint density at radius 2 is 2.00 bits per heavy atom. The minimum atomic E-state index is -0.311. The normalized spacial score (nSPS) is 21.0. The molecule has 2 aliphatic rings. The van der Waals surface area contributed by atoms with Gasteiger partial charge in [-0.05, 0) is 52.5 Å². The number of nitrogens with one attached hydrogen (secondary N) is 2. The molecule has 2 amide bonds. The van der Waals surface area contributed by atoms with Gasteiger partial charge in [-0.15, -0.1) is 0 Å². The highest BCUT2D eigenvalue weighted by molar-refractivity contribution is 9.10. The van der Waals surface area contributed by atoms with Crippen LogP contribution in [0.2, 0.25) is 0 Å². The Morgan fingerprint density at radius 3 is 2.75 bits per heavy atom. The molecule has 0 bridgehead atoms. The number of hydrogen-bond acceptors (Lipinski definition) is 4. The zero-order valence-corrected chi connectivity index (χ0v) is 17.0. The molecule has 0 spiro atoms. The summed E-state index contributed by atoms with van der Waals surface area (Å²) in [4.78, 5) is 26.8. The average molecular weight is 441 g/mol. The maximum absolute atomic E-state index is 12.9. The van der Waals surface area contributed by atoms with Crippen LogP contribution in [-0.4, -0.2) is 34.3 Å². The second kappa shape index (κ2) is 7.77. The molecule has 0 aromatic heterocycles. The molecular weight excluding hydrogens is 420 g/mol. The molecule has 2 aromatic rings. The Hall–Kier alpha value is -2.64. The van der Waals surface area contributed by atoms with Crippen LogP contribution in [0.25, 0.3) is 0 Å². The van der Waals surface area contributed by atoms with E-state index in [0.29, 0.717) is 12.1 Å². The van der Waals surface area contributed by atoms with E-state index in [0.717, 1.165) is 15.6 Å². The fraction of sp³-hybridized carbons (Fsp3) is 0.238. The third-order valence-corrected chi connectivity index (χ3v) is 5.65. The molecule has 0 radical (unpaired) electrons. The van der Waals surface area contributed by atoms with E-state index >= 15 is 0 Å². The van der Waals surface area contributed by atoms with Gasteiger partial charge in [-0.2, -0.15) is 0 Å². The van der Waals surface area contributed by atoms with Crippen molar-refractivity contribution in [3.05, 3.63) is 76.5 Å². The third-order valence-electron chi connectivity index (χ3n) is 4.99. The number of carbonyl (C=O) groups is 2. The highest BCUT2D eigenvalue weighted by Gasteiger charge is 2.40. The summed E-state index contributed by atoms with van der Waals surface area (Å²) in [6.45, 7) is 1.97. The highest BCUT2D eigenvalue weighted by Crippen LogP contribution is 2.30. The van der Waals surface area contributed by atoms with E-state index in [1.54, 1.807) is 6.20 Å². The number of anilines is 1. The first kappa shape index (κ1) is 18.7. The summed E-state index contributed by atoms with van der Waals surface area (Å²) in [6.07, 6.45) is 4.14. The van der Waals surface area contributed by atoms with Gasteiger partial charge in [-0.25, -0.2) is 5.43 Å². The second-order valence-electron chi connectivity index (χ2n) is 7.05. The van der Waals surface area contributed by atoms with Crippen LogP contribution >= 0.6 is 15.9 Å². The molecule has 1 saturated heterocycles. The SMILES string of the molecule is Cc1ccc(NC(=O)CN2C=CN3NC(c4ccccc4)CC3C2=O)c(Br)c1. The fourth-order valence-electron chi connectivity index (χ4n) is 3.54. The molecule has 7 heteroatoms. The lowest BCUT2D eigenvalue weighted by Gasteiger charge is -2.31. The largest absolute Gasteiger partial charge is 0.324 e. The van der Waals surface area contributed by atoms with Crippen molar-refractivity contribution in [3.63, 3.8) is 0 Å². The molecular formula is C21H21BrN4O2. The van der Waals surface area contributed by atoms with Gasteiger partial charge in [-0.1, -0.05) is 36.4 Å². The van der Waals surface area contributed by atoms with Gasteiger partial charge in [0.2, 0.25) is 5.91 Å². The van der Waals surface area contributed by atoms with Gasteiger partial charge >= 0.3 is 0 Å². The summed E-state index contributed by atoms with van der Waals surface area (Å²) < 4.78 is 0.818. The third kappa shape index (κ3) is 3.81. The number of hydrazine groups is 1. The summed E-state index contributed by atoms with van der Waals surface area (Å²) in [7, 11) is 0. The fourth-order valence-corrected chi connectivity index (χ4v) is 4.13. The Kier molecular flexibility index (Phi) is 5.19. The van der Waals surface area contributed by atoms with Crippen molar-refractivity contribution in [1.29, 1.82) is 0 Å². The van der Waals surface area contributed by atoms with Crippen LogP contribution in [-0.2, 0) is 9.59 Å². The van der Waals surface area contributed by atoms with Crippen LogP contribution < -0.4 is 10.7 Å². The molecule has 0 aliphatic carbocycles. The minimum Gasteiger partial charge on any atom is -0.324 e. The first-order valence-electron chi connectivity index (χ1n) is 9.15. The molecule has 2 aromatic carbocycles. The van der Waals surface area contributed by atoms with Gasteiger partial charge in [0.25, 0.3) is 5.91 Å². The number of halogens is 1. The van der Waals surface area contributed by atoms with Crippen molar-refractivity contribution in [2.75, 3.05) is 11.9 Å². The quantitative estimate of drug-likeness (QED) is 0.764. The van der Waals surface area contributed by atoms with Crippen LogP contribution in [0.5, 0.6) is 0 Å². The molecule has 6 nitrogen and oxygen atoms in total. The number of hydrogen-bond donors (Lipinski definition) is 2.